The van der Waals surface area contributed by atoms with E-state index < -0.39 is 0 Å². The van der Waals surface area contributed by atoms with Crippen LogP contribution in [0.15, 0.2) is 24.3 Å². The number of hydrogen-bond acceptors (Lipinski definition) is 5. The van der Waals surface area contributed by atoms with E-state index >= 15 is 0 Å². The molecule has 1 aliphatic heterocycles. The van der Waals surface area contributed by atoms with Crippen molar-refractivity contribution in [1.29, 1.82) is 0 Å². The number of rotatable bonds is 5. The highest BCUT2D eigenvalue weighted by atomic mass is 16.5. The first-order valence-electron chi connectivity index (χ1n) is 6.40. The number of nitrogens with one attached hydrogen (secondary N) is 2. The van der Waals surface area contributed by atoms with E-state index in [-0.39, 0.29) is 12.0 Å². The second kappa shape index (κ2) is 6.54. The van der Waals surface area contributed by atoms with Crippen LogP contribution in [-0.2, 0) is 16.1 Å². The molecule has 19 heavy (non-hydrogen) atoms. The van der Waals surface area contributed by atoms with E-state index in [1.165, 1.54) is 12.7 Å². The fourth-order valence-electron chi connectivity index (χ4n) is 2.22. The van der Waals surface area contributed by atoms with Gasteiger partial charge in [-0.2, -0.15) is 0 Å². The van der Waals surface area contributed by atoms with Gasteiger partial charge in [0.1, 0.15) is 11.8 Å². The molecule has 1 aliphatic rings. The molecule has 0 aliphatic carbocycles. The van der Waals surface area contributed by atoms with E-state index in [0.717, 1.165) is 25.3 Å². The summed E-state index contributed by atoms with van der Waals surface area (Å²) in [6.45, 7) is 1.57. The van der Waals surface area contributed by atoms with Crippen LogP contribution in [0.1, 0.15) is 12.0 Å². The smallest absolute Gasteiger partial charge is 0.322 e. The van der Waals surface area contributed by atoms with Gasteiger partial charge in [0, 0.05) is 19.1 Å². The van der Waals surface area contributed by atoms with Crippen molar-refractivity contribution >= 4 is 5.97 Å². The van der Waals surface area contributed by atoms with Crippen molar-refractivity contribution in [1.82, 2.24) is 10.6 Å². The van der Waals surface area contributed by atoms with Gasteiger partial charge in [0.25, 0.3) is 0 Å². The maximum absolute atomic E-state index is 11.4. The van der Waals surface area contributed by atoms with Gasteiger partial charge in [-0.3, -0.25) is 4.79 Å². The minimum Gasteiger partial charge on any atom is -0.497 e. The van der Waals surface area contributed by atoms with Gasteiger partial charge in [-0.25, -0.2) is 0 Å². The maximum atomic E-state index is 11.4. The van der Waals surface area contributed by atoms with E-state index in [1.807, 2.05) is 24.3 Å². The molecule has 0 saturated carbocycles. The minimum atomic E-state index is -0.186. The average Bonchev–Trinajstić information content (AvgIpc) is 2.93. The first-order chi connectivity index (χ1) is 9.22. The predicted octanol–water partition coefficient (Wildman–Crippen LogP) is 0.688. The summed E-state index contributed by atoms with van der Waals surface area (Å²) in [6, 6.07) is 8.07. The fraction of sp³-hybridized carbons (Fsp3) is 0.500. The van der Waals surface area contributed by atoms with Crippen molar-refractivity contribution in [3.63, 3.8) is 0 Å². The largest absolute Gasteiger partial charge is 0.497 e. The minimum absolute atomic E-state index is 0.182. The number of ether oxygens (including phenoxy) is 2. The molecule has 1 heterocycles. The molecule has 2 unspecified atom stereocenters. The lowest BCUT2D eigenvalue weighted by Gasteiger charge is -2.12. The first kappa shape index (κ1) is 13.8. The van der Waals surface area contributed by atoms with Gasteiger partial charge >= 0.3 is 5.97 Å². The molecule has 0 aromatic heterocycles. The summed E-state index contributed by atoms with van der Waals surface area (Å²) >= 11 is 0. The Labute approximate surface area is 113 Å². The van der Waals surface area contributed by atoms with Gasteiger partial charge in [0.2, 0.25) is 0 Å². The summed E-state index contributed by atoms with van der Waals surface area (Å²) in [7, 11) is 3.08. The molecule has 1 aromatic carbocycles. The third-order valence-corrected chi connectivity index (χ3v) is 3.37. The Morgan fingerprint density at radius 1 is 1.37 bits per heavy atom. The van der Waals surface area contributed by atoms with Crippen molar-refractivity contribution in [2.24, 2.45) is 0 Å². The highest BCUT2D eigenvalue weighted by Crippen LogP contribution is 2.12. The van der Waals surface area contributed by atoms with E-state index in [9.17, 15) is 4.79 Å². The molecule has 1 saturated heterocycles. The molecule has 104 valence electrons. The van der Waals surface area contributed by atoms with Crippen molar-refractivity contribution in [3.8, 4) is 5.75 Å². The zero-order chi connectivity index (χ0) is 13.7. The highest BCUT2D eigenvalue weighted by Gasteiger charge is 2.29. The Balaban J connectivity index is 1.78. The SMILES string of the molecule is COC(=O)C1CC(NCc2ccc(OC)cc2)CN1. The fourth-order valence-corrected chi connectivity index (χ4v) is 2.22. The van der Waals surface area contributed by atoms with E-state index in [0.29, 0.717) is 6.04 Å². The Morgan fingerprint density at radius 2 is 2.11 bits per heavy atom. The zero-order valence-corrected chi connectivity index (χ0v) is 11.3. The van der Waals surface area contributed by atoms with Crippen LogP contribution in [0.3, 0.4) is 0 Å². The molecule has 2 atom stereocenters. The summed E-state index contributed by atoms with van der Waals surface area (Å²) < 4.78 is 9.85. The number of methoxy groups -OCH3 is 2. The topological polar surface area (TPSA) is 59.6 Å². The Hall–Kier alpha value is -1.59. The summed E-state index contributed by atoms with van der Waals surface area (Å²) in [5.74, 6) is 0.672. The van der Waals surface area contributed by atoms with E-state index in [1.54, 1.807) is 7.11 Å². The lowest BCUT2D eigenvalue weighted by molar-refractivity contribution is -0.142. The van der Waals surface area contributed by atoms with Crippen LogP contribution >= 0.6 is 0 Å². The van der Waals surface area contributed by atoms with Crippen LogP contribution in [0, 0.1) is 0 Å². The van der Waals surface area contributed by atoms with Crippen LogP contribution in [0.5, 0.6) is 5.75 Å². The third kappa shape index (κ3) is 3.68. The first-order valence-corrected chi connectivity index (χ1v) is 6.40. The molecule has 2 N–H and O–H groups in total. The number of benzene rings is 1. The molecule has 2 rings (SSSR count). The third-order valence-electron chi connectivity index (χ3n) is 3.37. The number of esters is 1. The average molecular weight is 264 g/mol. The van der Waals surface area contributed by atoms with Crippen LogP contribution in [0.4, 0.5) is 0 Å². The van der Waals surface area contributed by atoms with Crippen LogP contribution < -0.4 is 15.4 Å². The number of carbonyl (C=O) groups is 1. The van der Waals surface area contributed by atoms with Gasteiger partial charge in [0.05, 0.1) is 14.2 Å². The van der Waals surface area contributed by atoms with Gasteiger partial charge < -0.3 is 20.1 Å². The Morgan fingerprint density at radius 3 is 2.74 bits per heavy atom. The van der Waals surface area contributed by atoms with Crippen LogP contribution in [0.25, 0.3) is 0 Å². The predicted molar refractivity (Wildman–Crippen MR) is 72.0 cm³/mol. The molecule has 0 bridgehead atoms. The molecule has 1 fully saturated rings. The number of carbonyl (C=O) groups excluding carboxylic acids is 1. The quantitative estimate of drug-likeness (QED) is 0.766. The summed E-state index contributed by atoms with van der Waals surface area (Å²) in [5, 5.41) is 6.59. The van der Waals surface area contributed by atoms with Crippen molar-refractivity contribution < 1.29 is 14.3 Å². The van der Waals surface area contributed by atoms with Gasteiger partial charge in [-0.15, -0.1) is 0 Å². The monoisotopic (exact) mass is 264 g/mol. The second-order valence-electron chi connectivity index (χ2n) is 4.65. The lowest BCUT2D eigenvalue weighted by Crippen LogP contribution is -2.31. The summed E-state index contributed by atoms with van der Waals surface area (Å²) in [6.07, 6.45) is 0.767. The molecule has 0 amide bonds. The van der Waals surface area contributed by atoms with Crippen LogP contribution in [0.2, 0.25) is 0 Å². The molecule has 5 nitrogen and oxygen atoms in total. The normalized spacial score (nSPS) is 22.2. The van der Waals surface area contributed by atoms with Crippen molar-refractivity contribution in [2.45, 2.75) is 25.0 Å². The second-order valence-corrected chi connectivity index (χ2v) is 4.65. The highest BCUT2D eigenvalue weighted by molar-refractivity contribution is 5.76. The summed E-state index contributed by atoms with van der Waals surface area (Å²) in [4.78, 5) is 11.4. The maximum Gasteiger partial charge on any atom is 0.322 e. The van der Waals surface area contributed by atoms with Crippen LogP contribution in [-0.4, -0.2) is 38.8 Å². The Kier molecular flexibility index (Phi) is 4.76. The molecule has 1 aromatic rings. The molecular formula is C14H20N2O3. The van der Waals surface area contributed by atoms with Gasteiger partial charge in [-0.1, -0.05) is 12.1 Å². The molecule has 0 radical (unpaired) electrons. The van der Waals surface area contributed by atoms with E-state index in [2.05, 4.69) is 10.6 Å². The molecule has 5 heteroatoms. The van der Waals surface area contributed by atoms with E-state index in [4.69, 9.17) is 9.47 Å². The van der Waals surface area contributed by atoms with Crippen molar-refractivity contribution in [2.75, 3.05) is 20.8 Å². The Bertz CT molecular complexity index is 419. The molecule has 0 spiro atoms. The standard InChI is InChI=1S/C14H20N2O3/c1-18-12-5-3-10(4-6-12)8-15-11-7-13(16-9-11)14(17)19-2/h3-6,11,13,15-16H,7-9H2,1-2H3. The van der Waals surface area contributed by atoms with Gasteiger partial charge in [-0.05, 0) is 24.1 Å². The molecular weight excluding hydrogens is 244 g/mol. The van der Waals surface area contributed by atoms with Crippen molar-refractivity contribution in [3.05, 3.63) is 29.8 Å². The van der Waals surface area contributed by atoms with Gasteiger partial charge in [0.15, 0.2) is 0 Å². The number of hydrogen-bond donors (Lipinski definition) is 2. The lowest BCUT2D eigenvalue weighted by atomic mass is 10.1. The summed E-state index contributed by atoms with van der Waals surface area (Å²) in [5.41, 5.74) is 1.20. The zero-order valence-electron chi connectivity index (χ0n) is 11.3.